The molecule has 0 spiro atoms. The summed E-state index contributed by atoms with van der Waals surface area (Å²) in [6.07, 6.45) is 7.33. The van der Waals surface area contributed by atoms with Crippen LogP contribution in [-0.2, 0) is 19.4 Å². The van der Waals surface area contributed by atoms with E-state index in [0.717, 1.165) is 41.3 Å². The first-order valence-electron chi connectivity index (χ1n) is 6.60. The molecule has 3 rings (SSSR count). The molecule has 3 aromatic rings. The predicted octanol–water partition coefficient (Wildman–Crippen LogP) is 3.28. The number of alkyl halides is 1. The molecule has 0 aliphatic heterocycles. The molecular weight excluding hydrogens is 292 g/mol. The second-order valence-corrected chi connectivity index (χ2v) is 6.07. The molecule has 20 heavy (non-hydrogen) atoms. The van der Waals surface area contributed by atoms with Gasteiger partial charge in [-0.3, -0.25) is 4.98 Å². The summed E-state index contributed by atoms with van der Waals surface area (Å²) >= 11 is 7.64. The molecule has 104 valence electrons. The van der Waals surface area contributed by atoms with Crippen molar-refractivity contribution < 1.29 is 0 Å². The molecule has 0 fully saturated rings. The highest BCUT2D eigenvalue weighted by atomic mass is 35.5. The van der Waals surface area contributed by atoms with Crippen LogP contribution in [0.1, 0.15) is 22.6 Å². The molecule has 0 aliphatic rings. The number of pyridine rings is 1. The minimum absolute atomic E-state index is 0.564. The lowest BCUT2D eigenvalue weighted by molar-refractivity contribution is 0.750. The molecule has 6 heteroatoms. The Balaban J connectivity index is 2.01. The Labute approximate surface area is 126 Å². The first kappa shape index (κ1) is 13.5. The van der Waals surface area contributed by atoms with E-state index >= 15 is 0 Å². The molecule has 3 heterocycles. The summed E-state index contributed by atoms with van der Waals surface area (Å²) in [5.41, 5.74) is 2.01. The number of rotatable bonds is 5. The van der Waals surface area contributed by atoms with Crippen molar-refractivity contribution >= 4 is 34.0 Å². The zero-order chi connectivity index (χ0) is 13.9. The van der Waals surface area contributed by atoms with Crippen molar-refractivity contribution in [2.45, 2.75) is 26.3 Å². The predicted molar refractivity (Wildman–Crippen MR) is 82.5 cm³/mol. The van der Waals surface area contributed by atoms with Crippen LogP contribution in [0.3, 0.4) is 0 Å². The Kier molecular flexibility index (Phi) is 3.98. The molecule has 4 nitrogen and oxygen atoms in total. The fraction of sp³-hybridized carbons (Fsp3) is 0.357. The minimum atomic E-state index is 0.564. The third kappa shape index (κ3) is 2.55. The summed E-state index contributed by atoms with van der Waals surface area (Å²) in [5.74, 6) is 1.56. The largest absolute Gasteiger partial charge is 0.321 e. The average Bonchev–Trinajstić information content (AvgIpc) is 3.05. The van der Waals surface area contributed by atoms with Gasteiger partial charge in [0, 0.05) is 29.6 Å². The fourth-order valence-electron chi connectivity index (χ4n) is 2.20. The van der Waals surface area contributed by atoms with Crippen LogP contribution in [0.25, 0.3) is 11.0 Å². The third-order valence-corrected chi connectivity index (χ3v) is 4.51. The average molecular weight is 307 g/mol. The van der Waals surface area contributed by atoms with Crippen LogP contribution in [0.15, 0.2) is 24.7 Å². The van der Waals surface area contributed by atoms with Gasteiger partial charge in [-0.25, -0.2) is 9.97 Å². The molecule has 0 atom stereocenters. The fourth-order valence-corrected chi connectivity index (χ4v) is 3.22. The van der Waals surface area contributed by atoms with E-state index in [1.807, 2.05) is 12.3 Å². The SMILES string of the molecule is CCc1cnc(Cn2c(CCCl)nc3cnccc32)s1. The van der Waals surface area contributed by atoms with Gasteiger partial charge in [-0.1, -0.05) is 6.92 Å². The van der Waals surface area contributed by atoms with Gasteiger partial charge >= 0.3 is 0 Å². The lowest BCUT2D eigenvalue weighted by Crippen LogP contribution is -2.05. The van der Waals surface area contributed by atoms with Gasteiger partial charge in [0.2, 0.25) is 0 Å². The molecule has 0 bridgehead atoms. The first-order chi connectivity index (χ1) is 9.81. The van der Waals surface area contributed by atoms with Crippen LogP contribution in [-0.4, -0.2) is 25.4 Å². The normalized spacial score (nSPS) is 11.3. The summed E-state index contributed by atoms with van der Waals surface area (Å²) in [5, 5.41) is 1.11. The van der Waals surface area contributed by atoms with E-state index in [1.54, 1.807) is 23.7 Å². The van der Waals surface area contributed by atoms with Crippen LogP contribution in [0.5, 0.6) is 0 Å². The number of hydrogen-bond donors (Lipinski definition) is 0. The number of aromatic nitrogens is 4. The summed E-state index contributed by atoms with van der Waals surface area (Å²) in [7, 11) is 0. The monoisotopic (exact) mass is 306 g/mol. The number of nitrogens with zero attached hydrogens (tertiary/aromatic N) is 4. The smallest absolute Gasteiger partial charge is 0.113 e. The van der Waals surface area contributed by atoms with Crippen molar-refractivity contribution in [1.82, 2.24) is 19.5 Å². The number of hydrogen-bond acceptors (Lipinski definition) is 4. The Morgan fingerprint density at radius 3 is 3.00 bits per heavy atom. The quantitative estimate of drug-likeness (QED) is 0.679. The highest BCUT2D eigenvalue weighted by Gasteiger charge is 2.12. The van der Waals surface area contributed by atoms with Gasteiger partial charge in [-0.15, -0.1) is 22.9 Å². The molecule has 0 aliphatic carbocycles. The van der Waals surface area contributed by atoms with Crippen molar-refractivity contribution in [3.8, 4) is 0 Å². The molecule has 0 saturated heterocycles. The molecule has 0 amide bonds. The zero-order valence-electron chi connectivity index (χ0n) is 11.2. The summed E-state index contributed by atoms with van der Waals surface area (Å²) in [4.78, 5) is 14.5. The van der Waals surface area contributed by atoms with E-state index in [4.69, 9.17) is 11.6 Å². The molecule has 0 saturated carbocycles. The van der Waals surface area contributed by atoms with Crippen molar-refractivity contribution in [2.75, 3.05) is 5.88 Å². The van der Waals surface area contributed by atoms with Crippen LogP contribution >= 0.6 is 22.9 Å². The standard InChI is InChI=1S/C14H15ClN4S/c1-2-10-7-17-14(20-10)9-19-12-4-6-16-8-11(12)18-13(19)3-5-15/h4,6-8H,2-3,5,9H2,1H3. The summed E-state index contributed by atoms with van der Waals surface area (Å²) < 4.78 is 2.19. The van der Waals surface area contributed by atoms with Gasteiger partial charge in [0.25, 0.3) is 0 Å². The Bertz CT molecular complexity index is 719. The molecule has 3 aromatic heterocycles. The Morgan fingerprint density at radius 1 is 1.35 bits per heavy atom. The maximum Gasteiger partial charge on any atom is 0.113 e. The van der Waals surface area contributed by atoms with E-state index in [1.165, 1.54) is 4.88 Å². The van der Waals surface area contributed by atoms with Gasteiger partial charge in [0.15, 0.2) is 0 Å². The van der Waals surface area contributed by atoms with E-state index in [2.05, 4.69) is 26.4 Å². The molecule has 0 aromatic carbocycles. The number of thiazole rings is 1. The lowest BCUT2D eigenvalue weighted by Gasteiger charge is -2.06. The zero-order valence-corrected chi connectivity index (χ0v) is 12.8. The van der Waals surface area contributed by atoms with Crippen LogP contribution in [0.4, 0.5) is 0 Å². The lowest BCUT2D eigenvalue weighted by atomic mass is 10.4. The molecule has 0 radical (unpaired) electrons. The topological polar surface area (TPSA) is 43.6 Å². The van der Waals surface area contributed by atoms with Crippen LogP contribution in [0, 0.1) is 0 Å². The number of halogens is 1. The van der Waals surface area contributed by atoms with Crippen molar-refractivity contribution in [3.63, 3.8) is 0 Å². The van der Waals surface area contributed by atoms with E-state index < -0.39 is 0 Å². The maximum absolute atomic E-state index is 5.88. The van der Waals surface area contributed by atoms with Crippen molar-refractivity contribution in [2.24, 2.45) is 0 Å². The second kappa shape index (κ2) is 5.89. The Hall–Kier alpha value is -1.46. The maximum atomic E-state index is 5.88. The van der Waals surface area contributed by atoms with E-state index in [0.29, 0.717) is 5.88 Å². The molecule has 0 unspecified atom stereocenters. The summed E-state index contributed by atoms with van der Waals surface area (Å²) in [6.45, 7) is 2.89. The first-order valence-corrected chi connectivity index (χ1v) is 7.95. The second-order valence-electron chi connectivity index (χ2n) is 4.49. The Morgan fingerprint density at radius 2 is 2.25 bits per heavy atom. The van der Waals surface area contributed by atoms with Crippen LogP contribution in [0.2, 0.25) is 0 Å². The van der Waals surface area contributed by atoms with Crippen LogP contribution < -0.4 is 0 Å². The van der Waals surface area contributed by atoms with Crippen molar-refractivity contribution in [1.29, 1.82) is 0 Å². The van der Waals surface area contributed by atoms with E-state index in [9.17, 15) is 0 Å². The number of aryl methyl sites for hydroxylation is 2. The van der Waals surface area contributed by atoms with Gasteiger partial charge in [-0.05, 0) is 12.5 Å². The van der Waals surface area contributed by atoms with Gasteiger partial charge in [-0.2, -0.15) is 0 Å². The van der Waals surface area contributed by atoms with Gasteiger partial charge < -0.3 is 4.57 Å². The third-order valence-electron chi connectivity index (χ3n) is 3.19. The van der Waals surface area contributed by atoms with E-state index in [-0.39, 0.29) is 0 Å². The molecular formula is C14H15ClN4S. The number of fused-ring (bicyclic) bond motifs is 1. The van der Waals surface area contributed by atoms with Gasteiger partial charge in [0.05, 0.1) is 18.3 Å². The molecule has 0 N–H and O–H groups in total. The van der Waals surface area contributed by atoms with Gasteiger partial charge in [0.1, 0.15) is 16.3 Å². The highest BCUT2D eigenvalue weighted by molar-refractivity contribution is 7.11. The number of imidazole rings is 1. The minimum Gasteiger partial charge on any atom is -0.321 e. The highest BCUT2D eigenvalue weighted by Crippen LogP contribution is 2.20. The summed E-state index contributed by atoms with van der Waals surface area (Å²) in [6, 6.07) is 1.99. The van der Waals surface area contributed by atoms with Crippen molar-refractivity contribution in [3.05, 3.63) is 40.4 Å².